The van der Waals surface area contributed by atoms with Gasteiger partial charge in [0.2, 0.25) is 5.91 Å². The molecule has 3 nitrogen and oxygen atoms in total. The summed E-state index contributed by atoms with van der Waals surface area (Å²) in [5, 5.41) is 3.38. The highest BCUT2D eigenvalue weighted by Gasteiger charge is 2.25. The molecule has 0 aliphatic carbocycles. The van der Waals surface area contributed by atoms with Gasteiger partial charge in [-0.3, -0.25) is 4.79 Å². The second-order valence-electron chi connectivity index (χ2n) is 5.59. The largest absolute Gasteiger partial charge is 0.340 e. The van der Waals surface area contributed by atoms with Crippen molar-refractivity contribution in [2.45, 2.75) is 53.0 Å². The highest BCUT2D eigenvalue weighted by Crippen LogP contribution is 2.18. The lowest BCUT2D eigenvalue weighted by Crippen LogP contribution is -2.44. The SMILES string of the molecule is CCC(C)C(=O)N(CC1CCNCC1)C(C)C. The van der Waals surface area contributed by atoms with E-state index < -0.39 is 0 Å². The van der Waals surface area contributed by atoms with E-state index in [1.54, 1.807) is 0 Å². The van der Waals surface area contributed by atoms with Crippen LogP contribution in [0.4, 0.5) is 0 Å². The van der Waals surface area contributed by atoms with Gasteiger partial charge in [-0.25, -0.2) is 0 Å². The molecule has 0 saturated carbocycles. The lowest BCUT2D eigenvalue weighted by molar-refractivity contribution is -0.137. The maximum atomic E-state index is 12.3. The molecule has 1 fully saturated rings. The molecule has 1 heterocycles. The average molecular weight is 240 g/mol. The van der Waals surface area contributed by atoms with E-state index in [0.29, 0.717) is 17.9 Å². The highest BCUT2D eigenvalue weighted by molar-refractivity contribution is 5.78. The molecule has 1 amide bonds. The number of nitrogens with one attached hydrogen (secondary N) is 1. The molecular weight excluding hydrogens is 212 g/mol. The van der Waals surface area contributed by atoms with E-state index in [1.807, 2.05) is 6.92 Å². The number of hydrogen-bond acceptors (Lipinski definition) is 2. The van der Waals surface area contributed by atoms with E-state index in [-0.39, 0.29) is 5.92 Å². The Kier molecular flexibility index (Phi) is 5.96. The third kappa shape index (κ3) is 4.30. The molecule has 1 aliphatic heterocycles. The van der Waals surface area contributed by atoms with Gasteiger partial charge in [0.1, 0.15) is 0 Å². The Bertz CT molecular complexity index is 234. The van der Waals surface area contributed by atoms with Gasteiger partial charge < -0.3 is 10.2 Å². The van der Waals surface area contributed by atoms with Crippen LogP contribution >= 0.6 is 0 Å². The molecule has 1 aliphatic rings. The summed E-state index contributed by atoms with van der Waals surface area (Å²) >= 11 is 0. The first-order chi connectivity index (χ1) is 8.06. The van der Waals surface area contributed by atoms with Crippen molar-refractivity contribution in [1.29, 1.82) is 0 Å². The molecule has 0 aromatic carbocycles. The minimum absolute atomic E-state index is 0.166. The Morgan fingerprint density at radius 1 is 1.29 bits per heavy atom. The lowest BCUT2D eigenvalue weighted by atomic mass is 9.96. The van der Waals surface area contributed by atoms with E-state index in [0.717, 1.165) is 26.1 Å². The summed E-state index contributed by atoms with van der Waals surface area (Å²) in [4.78, 5) is 14.4. The van der Waals surface area contributed by atoms with Crippen molar-refractivity contribution in [1.82, 2.24) is 10.2 Å². The zero-order valence-electron chi connectivity index (χ0n) is 11.8. The standard InChI is InChI=1S/C14H28N2O/c1-5-12(4)14(17)16(11(2)3)10-13-6-8-15-9-7-13/h11-13,15H,5-10H2,1-4H3. The van der Waals surface area contributed by atoms with Gasteiger partial charge in [-0.15, -0.1) is 0 Å². The first-order valence-corrected chi connectivity index (χ1v) is 7.07. The van der Waals surface area contributed by atoms with Gasteiger partial charge in [0.15, 0.2) is 0 Å². The molecule has 0 spiro atoms. The Labute approximate surface area is 106 Å². The lowest BCUT2D eigenvalue weighted by Gasteiger charge is -2.34. The summed E-state index contributed by atoms with van der Waals surface area (Å²) in [6.07, 6.45) is 3.35. The highest BCUT2D eigenvalue weighted by atomic mass is 16.2. The van der Waals surface area contributed by atoms with Crippen LogP contribution in [0.15, 0.2) is 0 Å². The molecule has 3 heteroatoms. The molecule has 0 aromatic rings. The summed E-state index contributed by atoms with van der Waals surface area (Å²) < 4.78 is 0. The van der Waals surface area contributed by atoms with Gasteiger partial charge in [-0.05, 0) is 52.1 Å². The van der Waals surface area contributed by atoms with Crippen molar-refractivity contribution in [2.24, 2.45) is 11.8 Å². The molecule has 17 heavy (non-hydrogen) atoms. The third-order valence-corrected chi connectivity index (χ3v) is 3.85. The monoisotopic (exact) mass is 240 g/mol. The predicted octanol–water partition coefficient (Wildman–Crippen LogP) is 2.27. The molecule has 1 atom stereocenters. The van der Waals surface area contributed by atoms with Crippen LogP contribution in [0.25, 0.3) is 0 Å². The summed E-state index contributed by atoms with van der Waals surface area (Å²) in [6.45, 7) is 11.5. The van der Waals surface area contributed by atoms with Crippen molar-refractivity contribution in [3.63, 3.8) is 0 Å². The van der Waals surface area contributed by atoms with Crippen molar-refractivity contribution in [2.75, 3.05) is 19.6 Å². The van der Waals surface area contributed by atoms with Crippen LogP contribution in [0.1, 0.15) is 47.0 Å². The van der Waals surface area contributed by atoms with E-state index in [2.05, 4.69) is 31.0 Å². The fourth-order valence-corrected chi connectivity index (χ4v) is 2.36. The summed E-state index contributed by atoms with van der Waals surface area (Å²) in [5.74, 6) is 1.19. The fourth-order valence-electron chi connectivity index (χ4n) is 2.36. The second kappa shape index (κ2) is 7.00. The number of piperidine rings is 1. The summed E-state index contributed by atoms with van der Waals surface area (Å²) in [7, 11) is 0. The third-order valence-electron chi connectivity index (χ3n) is 3.85. The molecule has 0 radical (unpaired) electrons. The van der Waals surface area contributed by atoms with Gasteiger partial charge in [0.05, 0.1) is 0 Å². The molecule has 1 saturated heterocycles. The van der Waals surface area contributed by atoms with E-state index in [1.165, 1.54) is 12.8 Å². The van der Waals surface area contributed by atoms with Crippen LogP contribution in [0.3, 0.4) is 0 Å². The number of carbonyl (C=O) groups excluding carboxylic acids is 1. The van der Waals surface area contributed by atoms with Crippen LogP contribution in [-0.2, 0) is 4.79 Å². The Morgan fingerprint density at radius 2 is 1.88 bits per heavy atom. The minimum Gasteiger partial charge on any atom is -0.340 e. The van der Waals surface area contributed by atoms with Crippen molar-refractivity contribution >= 4 is 5.91 Å². The number of nitrogens with zero attached hydrogens (tertiary/aromatic N) is 1. The van der Waals surface area contributed by atoms with Crippen LogP contribution in [-0.4, -0.2) is 36.5 Å². The smallest absolute Gasteiger partial charge is 0.225 e. The topological polar surface area (TPSA) is 32.3 Å². The first kappa shape index (κ1) is 14.5. The normalized spacial score (nSPS) is 19.4. The van der Waals surface area contributed by atoms with Gasteiger partial charge in [0.25, 0.3) is 0 Å². The molecular formula is C14H28N2O. The minimum atomic E-state index is 0.166. The molecule has 0 aromatic heterocycles. The predicted molar refractivity (Wildman–Crippen MR) is 71.9 cm³/mol. The van der Waals surface area contributed by atoms with Gasteiger partial charge in [-0.1, -0.05) is 13.8 Å². The molecule has 1 N–H and O–H groups in total. The number of amides is 1. The van der Waals surface area contributed by atoms with E-state index in [4.69, 9.17) is 0 Å². The second-order valence-corrected chi connectivity index (χ2v) is 5.59. The van der Waals surface area contributed by atoms with Gasteiger partial charge in [-0.2, -0.15) is 0 Å². The van der Waals surface area contributed by atoms with Crippen LogP contribution in [0, 0.1) is 11.8 Å². The first-order valence-electron chi connectivity index (χ1n) is 7.07. The molecule has 1 rings (SSSR count). The summed E-state index contributed by atoms with van der Waals surface area (Å²) in [6, 6.07) is 0.325. The van der Waals surface area contributed by atoms with Crippen molar-refractivity contribution < 1.29 is 4.79 Å². The van der Waals surface area contributed by atoms with E-state index >= 15 is 0 Å². The Balaban J connectivity index is 2.55. The summed E-state index contributed by atoms with van der Waals surface area (Å²) in [5.41, 5.74) is 0. The Morgan fingerprint density at radius 3 is 2.35 bits per heavy atom. The van der Waals surface area contributed by atoms with Crippen LogP contribution < -0.4 is 5.32 Å². The fraction of sp³-hybridized carbons (Fsp3) is 0.929. The van der Waals surface area contributed by atoms with Crippen LogP contribution in [0.5, 0.6) is 0 Å². The zero-order valence-corrected chi connectivity index (χ0v) is 11.8. The van der Waals surface area contributed by atoms with Gasteiger partial charge in [0, 0.05) is 18.5 Å². The maximum absolute atomic E-state index is 12.3. The number of hydrogen-bond donors (Lipinski definition) is 1. The average Bonchev–Trinajstić information content (AvgIpc) is 2.35. The molecule has 0 bridgehead atoms. The van der Waals surface area contributed by atoms with Crippen LogP contribution in [0.2, 0.25) is 0 Å². The van der Waals surface area contributed by atoms with Crippen molar-refractivity contribution in [3.05, 3.63) is 0 Å². The zero-order chi connectivity index (χ0) is 12.8. The number of carbonyl (C=O) groups is 1. The number of rotatable bonds is 5. The Hall–Kier alpha value is -0.570. The quantitative estimate of drug-likeness (QED) is 0.799. The van der Waals surface area contributed by atoms with Gasteiger partial charge >= 0.3 is 0 Å². The maximum Gasteiger partial charge on any atom is 0.225 e. The molecule has 1 unspecified atom stereocenters. The molecule has 100 valence electrons. The van der Waals surface area contributed by atoms with Crippen molar-refractivity contribution in [3.8, 4) is 0 Å². The van der Waals surface area contributed by atoms with E-state index in [9.17, 15) is 4.79 Å².